The first-order chi connectivity index (χ1) is 12.7. The monoisotopic (exact) mass is 368 g/mol. The fraction of sp³-hybridized carbons (Fsp3) is 0.278. The van der Waals surface area contributed by atoms with Crippen LogP contribution in [0.15, 0.2) is 42.9 Å². The van der Waals surface area contributed by atoms with E-state index in [1.807, 2.05) is 29.3 Å². The lowest BCUT2D eigenvalue weighted by atomic mass is 9.99. The van der Waals surface area contributed by atoms with Gasteiger partial charge >= 0.3 is 0 Å². The Morgan fingerprint density at radius 1 is 1.27 bits per heavy atom. The molecule has 0 radical (unpaired) electrons. The minimum Gasteiger partial charge on any atom is -0.497 e. The van der Waals surface area contributed by atoms with Crippen LogP contribution in [0.1, 0.15) is 23.3 Å². The third kappa shape index (κ3) is 2.97. The number of ether oxygens (including phenoxy) is 1. The van der Waals surface area contributed by atoms with Crippen molar-refractivity contribution in [3.8, 4) is 5.75 Å². The Balaban J connectivity index is 1.63. The van der Waals surface area contributed by atoms with Crippen molar-refractivity contribution in [3.63, 3.8) is 0 Å². The summed E-state index contributed by atoms with van der Waals surface area (Å²) in [6.45, 7) is 1.35. The summed E-state index contributed by atoms with van der Waals surface area (Å²) < 4.78 is 5.24. The minimum atomic E-state index is -0.0386. The van der Waals surface area contributed by atoms with Gasteiger partial charge in [-0.15, -0.1) is 0 Å². The molecule has 0 bridgehead atoms. The maximum Gasteiger partial charge on any atom is 0.166 e. The Labute approximate surface area is 156 Å². The molecule has 4 rings (SSSR count). The molecule has 4 N–H and O–H groups in total. The molecule has 1 saturated heterocycles. The Morgan fingerprint density at radius 3 is 2.81 bits per heavy atom. The second kappa shape index (κ2) is 6.89. The topological polar surface area (TPSA) is 92.1 Å². The number of hydrogen-bond acceptors (Lipinski definition) is 5. The van der Waals surface area contributed by atoms with Crippen molar-refractivity contribution in [3.05, 3.63) is 54.1 Å². The molecular weight excluding hydrogens is 348 g/mol. The highest BCUT2D eigenvalue weighted by atomic mass is 32.1. The number of nitrogens with one attached hydrogen (secondary N) is 2. The molecule has 1 fully saturated rings. The second-order valence-electron chi connectivity index (χ2n) is 6.24. The van der Waals surface area contributed by atoms with Crippen molar-refractivity contribution in [2.24, 2.45) is 5.73 Å². The number of rotatable bonds is 3. The van der Waals surface area contributed by atoms with Crippen molar-refractivity contribution in [2.75, 3.05) is 20.2 Å². The lowest BCUT2D eigenvalue weighted by molar-refractivity contribution is 0.215. The SMILES string of the molecule is COc1ccc(C2CN(C(N)=S)C(c3ncnc4[nH]ccc34)CN2)cc1. The van der Waals surface area contributed by atoms with E-state index in [1.165, 1.54) is 5.56 Å². The smallest absolute Gasteiger partial charge is 0.166 e. The maximum absolute atomic E-state index is 6.06. The van der Waals surface area contributed by atoms with Crippen LogP contribution in [-0.4, -0.2) is 45.2 Å². The summed E-state index contributed by atoms with van der Waals surface area (Å²) in [4.78, 5) is 13.9. The molecule has 2 aromatic heterocycles. The molecule has 134 valence electrons. The number of aromatic nitrogens is 3. The summed E-state index contributed by atoms with van der Waals surface area (Å²) in [5, 5.41) is 4.96. The largest absolute Gasteiger partial charge is 0.497 e. The summed E-state index contributed by atoms with van der Waals surface area (Å²) in [5.74, 6) is 0.837. The van der Waals surface area contributed by atoms with E-state index in [0.29, 0.717) is 18.2 Å². The van der Waals surface area contributed by atoms with Gasteiger partial charge in [0.25, 0.3) is 0 Å². The molecule has 1 aliphatic rings. The summed E-state index contributed by atoms with van der Waals surface area (Å²) in [6, 6.07) is 10.1. The third-order valence-corrected chi connectivity index (χ3v) is 5.05. The maximum atomic E-state index is 6.06. The predicted octanol–water partition coefficient (Wildman–Crippen LogP) is 1.90. The van der Waals surface area contributed by atoms with Gasteiger partial charge in [-0.1, -0.05) is 12.1 Å². The van der Waals surface area contributed by atoms with Gasteiger partial charge in [-0.05, 0) is 36.0 Å². The first-order valence-corrected chi connectivity index (χ1v) is 8.79. The molecule has 8 heteroatoms. The molecule has 1 aromatic carbocycles. The van der Waals surface area contributed by atoms with Crippen LogP contribution in [-0.2, 0) is 0 Å². The van der Waals surface area contributed by atoms with Gasteiger partial charge in [-0.2, -0.15) is 0 Å². The number of nitrogens with zero attached hydrogens (tertiary/aromatic N) is 3. The Morgan fingerprint density at radius 2 is 2.08 bits per heavy atom. The van der Waals surface area contributed by atoms with Crippen molar-refractivity contribution in [2.45, 2.75) is 12.1 Å². The van der Waals surface area contributed by atoms with Crippen LogP contribution in [0.4, 0.5) is 0 Å². The zero-order valence-electron chi connectivity index (χ0n) is 14.3. The van der Waals surface area contributed by atoms with E-state index < -0.39 is 0 Å². The van der Waals surface area contributed by atoms with E-state index >= 15 is 0 Å². The lowest BCUT2D eigenvalue weighted by Gasteiger charge is -2.40. The highest BCUT2D eigenvalue weighted by Gasteiger charge is 2.32. The van der Waals surface area contributed by atoms with Crippen LogP contribution in [0.25, 0.3) is 11.0 Å². The highest BCUT2D eigenvalue weighted by Crippen LogP contribution is 2.31. The number of methoxy groups -OCH3 is 1. The Hall–Kier alpha value is -2.71. The number of fused-ring (bicyclic) bond motifs is 1. The predicted molar refractivity (Wildman–Crippen MR) is 104 cm³/mol. The molecule has 7 nitrogen and oxygen atoms in total. The van der Waals surface area contributed by atoms with Gasteiger partial charge in [0.05, 0.1) is 18.8 Å². The molecule has 0 saturated carbocycles. The Bertz CT molecular complexity index is 925. The van der Waals surface area contributed by atoms with Crippen LogP contribution in [0, 0.1) is 0 Å². The second-order valence-corrected chi connectivity index (χ2v) is 6.66. The fourth-order valence-corrected chi connectivity index (χ4v) is 3.66. The summed E-state index contributed by atoms with van der Waals surface area (Å²) in [5.41, 5.74) is 8.96. The molecule has 0 aliphatic carbocycles. The van der Waals surface area contributed by atoms with Gasteiger partial charge in [0.1, 0.15) is 17.7 Å². The summed E-state index contributed by atoms with van der Waals surface area (Å²) in [7, 11) is 1.66. The quantitative estimate of drug-likeness (QED) is 0.608. The number of hydrogen-bond donors (Lipinski definition) is 3. The number of benzene rings is 1. The average molecular weight is 368 g/mol. The van der Waals surface area contributed by atoms with Crippen molar-refractivity contribution >= 4 is 28.4 Å². The van der Waals surface area contributed by atoms with E-state index in [9.17, 15) is 0 Å². The number of aromatic amines is 1. The first-order valence-electron chi connectivity index (χ1n) is 8.38. The molecule has 26 heavy (non-hydrogen) atoms. The molecule has 2 atom stereocenters. The van der Waals surface area contributed by atoms with Crippen molar-refractivity contribution < 1.29 is 4.74 Å². The van der Waals surface area contributed by atoms with Crippen LogP contribution in [0.2, 0.25) is 0 Å². The molecule has 0 amide bonds. The zero-order valence-corrected chi connectivity index (χ0v) is 15.2. The third-order valence-electron chi connectivity index (χ3n) is 4.81. The normalized spacial score (nSPS) is 20.3. The summed E-state index contributed by atoms with van der Waals surface area (Å²) >= 11 is 5.34. The van der Waals surface area contributed by atoms with E-state index in [2.05, 4.69) is 32.4 Å². The standard InChI is InChI=1S/C18H20N6OS/c1-25-12-4-2-11(3-5-12)14-9-24(18(19)26)15(8-21-14)16-13-6-7-20-17(13)23-10-22-16/h2-7,10,14-15,21H,8-9H2,1H3,(H2,19,26)(H,20,22,23). The molecule has 1 aliphatic heterocycles. The van der Waals surface area contributed by atoms with Crippen LogP contribution in [0.3, 0.4) is 0 Å². The van der Waals surface area contributed by atoms with Crippen molar-refractivity contribution in [1.29, 1.82) is 0 Å². The molecule has 0 spiro atoms. The Kier molecular flexibility index (Phi) is 4.44. The van der Waals surface area contributed by atoms with Gasteiger partial charge in [0, 0.05) is 30.7 Å². The number of thiocarbonyl (C=S) groups is 1. The van der Waals surface area contributed by atoms with Gasteiger partial charge in [0.15, 0.2) is 5.11 Å². The van der Waals surface area contributed by atoms with Crippen LogP contribution < -0.4 is 15.8 Å². The van der Waals surface area contributed by atoms with Crippen LogP contribution >= 0.6 is 12.2 Å². The van der Waals surface area contributed by atoms with E-state index in [-0.39, 0.29) is 12.1 Å². The van der Waals surface area contributed by atoms with Crippen LogP contribution in [0.5, 0.6) is 5.75 Å². The number of piperazine rings is 1. The van der Waals surface area contributed by atoms with E-state index in [0.717, 1.165) is 22.5 Å². The van der Waals surface area contributed by atoms with E-state index in [4.69, 9.17) is 22.7 Å². The van der Waals surface area contributed by atoms with Gasteiger partial charge in [-0.25, -0.2) is 9.97 Å². The minimum absolute atomic E-state index is 0.0386. The fourth-order valence-electron chi connectivity index (χ4n) is 3.46. The summed E-state index contributed by atoms with van der Waals surface area (Å²) in [6.07, 6.45) is 3.44. The van der Waals surface area contributed by atoms with E-state index in [1.54, 1.807) is 13.4 Å². The highest BCUT2D eigenvalue weighted by molar-refractivity contribution is 7.80. The number of nitrogens with two attached hydrogens (primary N) is 1. The molecule has 3 heterocycles. The van der Waals surface area contributed by atoms with Crippen molar-refractivity contribution in [1.82, 2.24) is 25.2 Å². The zero-order chi connectivity index (χ0) is 18.1. The molecule has 3 aromatic rings. The van der Waals surface area contributed by atoms with Gasteiger partial charge in [-0.3, -0.25) is 0 Å². The molecular formula is C18H20N6OS. The lowest BCUT2D eigenvalue weighted by Crippen LogP contribution is -2.52. The molecule has 2 unspecified atom stereocenters. The number of H-pyrrole nitrogens is 1. The first kappa shape index (κ1) is 16.7. The average Bonchev–Trinajstić information content (AvgIpc) is 3.16. The van der Waals surface area contributed by atoms with Gasteiger partial charge in [0.2, 0.25) is 0 Å². The van der Waals surface area contributed by atoms with Gasteiger partial charge < -0.3 is 25.7 Å².